The highest BCUT2D eigenvalue weighted by Crippen LogP contribution is 2.27. The third kappa shape index (κ3) is 5.90. The van der Waals surface area contributed by atoms with Crippen molar-refractivity contribution in [3.8, 4) is 11.1 Å². The number of nitro groups is 1. The molecule has 9 heteroatoms. The zero-order chi connectivity index (χ0) is 20.5. The Morgan fingerprint density at radius 2 is 1.79 bits per heavy atom. The van der Waals surface area contributed by atoms with Crippen LogP contribution in [0.1, 0.15) is 12.0 Å². The van der Waals surface area contributed by atoms with E-state index in [-0.39, 0.29) is 10.6 Å². The first kappa shape index (κ1) is 20.6. The second kappa shape index (κ2) is 9.81. The molecule has 0 saturated heterocycles. The number of aryl methyl sites for hydroxylation is 1. The molecule has 9 nitrogen and oxygen atoms in total. The lowest BCUT2D eigenvalue weighted by molar-refractivity contribution is -0.384. The normalized spacial score (nSPS) is 12.2. The number of nitrogens with zero attached hydrogens (tertiary/aromatic N) is 2. The standard InChI is InChI=1S/C17H17N3O2.C2H2O4/c21-20(22)15-6-3-5-14(12-15)16-7-2-1-4-13(16)8-9-17-18-10-11-19-17;3-1(4)2(5)6/h1-7,12H,8-11H2,(H,18,19);(H,3,4)(H,5,6). The van der Waals surface area contributed by atoms with Crippen LogP contribution in [-0.4, -0.2) is 46.0 Å². The smallest absolute Gasteiger partial charge is 0.414 e. The Hall–Kier alpha value is -3.75. The van der Waals surface area contributed by atoms with E-state index in [2.05, 4.69) is 16.4 Å². The summed E-state index contributed by atoms with van der Waals surface area (Å²) < 4.78 is 0. The number of non-ortho nitro benzene ring substituents is 1. The Morgan fingerprint density at radius 3 is 2.39 bits per heavy atom. The van der Waals surface area contributed by atoms with Crippen molar-refractivity contribution in [1.82, 2.24) is 5.32 Å². The van der Waals surface area contributed by atoms with Crippen molar-refractivity contribution < 1.29 is 24.7 Å². The zero-order valence-corrected chi connectivity index (χ0v) is 14.9. The number of hydrogen-bond acceptors (Lipinski definition) is 6. The molecular formula is C19H19N3O6. The summed E-state index contributed by atoms with van der Waals surface area (Å²) in [4.78, 5) is 33.2. The Labute approximate surface area is 160 Å². The van der Waals surface area contributed by atoms with Crippen molar-refractivity contribution in [2.75, 3.05) is 13.1 Å². The summed E-state index contributed by atoms with van der Waals surface area (Å²) in [5, 5.41) is 29.0. The van der Waals surface area contributed by atoms with Crippen LogP contribution in [0.3, 0.4) is 0 Å². The van der Waals surface area contributed by atoms with Crippen LogP contribution >= 0.6 is 0 Å². The number of aliphatic carboxylic acids is 2. The molecule has 3 rings (SSSR count). The molecule has 0 atom stereocenters. The van der Waals surface area contributed by atoms with E-state index in [1.54, 1.807) is 12.1 Å². The summed E-state index contributed by atoms with van der Waals surface area (Å²) in [5.74, 6) is -2.60. The van der Waals surface area contributed by atoms with Crippen molar-refractivity contribution in [2.45, 2.75) is 12.8 Å². The zero-order valence-electron chi connectivity index (χ0n) is 14.9. The molecule has 0 saturated carbocycles. The number of amidine groups is 1. The van der Waals surface area contributed by atoms with Gasteiger partial charge < -0.3 is 15.5 Å². The fraction of sp³-hybridized carbons (Fsp3) is 0.211. The van der Waals surface area contributed by atoms with Crippen molar-refractivity contribution in [3.63, 3.8) is 0 Å². The third-order valence-corrected chi connectivity index (χ3v) is 3.94. The molecule has 1 heterocycles. The van der Waals surface area contributed by atoms with Crippen LogP contribution in [-0.2, 0) is 16.0 Å². The average Bonchev–Trinajstić information content (AvgIpc) is 3.21. The van der Waals surface area contributed by atoms with Crippen LogP contribution in [0.4, 0.5) is 5.69 Å². The summed E-state index contributed by atoms with van der Waals surface area (Å²) >= 11 is 0. The molecule has 0 unspecified atom stereocenters. The lowest BCUT2D eigenvalue weighted by Gasteiger charge is -2.10. The van der Waals surface area contributed by atoms with Crippen LogP contribution in [0, 0.1) is 10.1 Å². The van der Waals surface area contributed by atoms with Crippen LogP contribution in [0.15, 0.2) is 53.5 Å². The van der Waals surface area contributed by atoms with Gasteiger partial charge in [-0.3, -0.25) is 15.1 Å². The minimum atomic E-state index is -1.82. The first-order valence-electron chi connectivity index (χ1n) is 8.44. The molecule has 0 spiro atoms. The molecule has 3 N–H and O–H groups in total. The average molecular weight is 385 g/mol. The fourth-order valence-corrected chi connectivity index (χ4v) is 2.67. The first-order chi connectivity index (χ1) is 13.4. The van der Waals surface area contributed by atoms with Gasteiger partial charge >= 0.3 is 11.9 Å². The quantitative estimate of drug-likeness (QED) is 0.407. The number of benzene rings is 2. The fourth-order valence-electron chi connectivity index (χ4n) is 2.67. The lowest BCUT2D eigenvalue weighted by atomic mass is 9.96. The Balaban J connectivity index is 0.000000409. The summed E-state index contributed by atoms with van der Waals surface area (Å²) in [6, 6.07) is 14.8. The van der Waals surface area contributed by atoms with Gasteiger partial charge in [0.2, 0.25) is 0 Å². The van der Waals surface area contributed by atoms with Crippen LogP contribution < -0.4 is 5.32 Å². The monoisotopic (exact) mass is 385 g/mol. The van der Waals surface area contributed by atoms with E-state index in [1.807, 2.05) is 24.3 Å². The van der Waals surface area contributed by atoms with Crippen LogP contribution in [0.25, 0.3) is 11.1 Å². The maximum atomic E-state index is 11.0. The van der Waals surface area contributed by atoms with Gasteiger partial charge in [-0.25, -0.2) is 9.59 Å². The maximum absolute atomic E-state index is 11.0. The molecule has 146 valence electrons. The highest BCUT2D eigenvalue weighted by molar-refractivity contribution is 6.27. The molecule has 0 amide bonds. The van der Waals surface area contributed by atoms with Gasteiger partial charge in [0.25, 0.3) is 5.69 Å². The highest BCUT2D eigenvalue weighted by Gasteiger charge is 2.11. The van der Waals surface area contributed by atoms with Crippen LogP contribution in [0.5, 0.6) is 0 Å². The van der Waals surface area contributed by atoms with Gasteiger partial charge in [-0.1, -0.05) is 36.4 Å². The molecule has 0 bridgehead atoms. The summed E-state index contributed by atoms with van der Waals surface area (Å²) in [6.07, 6.45) is 1.73. The number of hydrogen-bond donors (Lipinski definition) is 3. The van der Waals surface area contributed by atoms with Crippen LogP contribution in [0.2, 0.25) is 0 Å². The van der Waals surface area contributed by atoms with E-state index >= 15 is 0 Å². The van der Waals surface area contributed by atoms with Gasteiger partial charge in [0.1, 0.15) is 0 Å². The second-order valence-corrected chi connectivity index (χ2v) is 5.83. The Kier molecular flexibility index (Phi) is 7.21. The highest BCUT2D eigenvalue weighted by atomic mass is 16.6. The summed E-state index contributed by atoms with van der Waals surface area (Å²) in [7, 11) is 0. The minimum Gasteiger partial charge on any atom is -0.473 e. The van der Waals surface area contributed by atoms with Gasteiger partial charge in [0.15, 0.2) is 0 Å². The molecule has 0 radical (unpaired) electrons. The van der Waals surface area contributed by atoms with E-state index in [0.717, 1.165) is 42.9 Å². The molecule has 1 aliphatic heterocycles. The number of rotatable bonds is 5. The number of aliphatic imine (C=N–C) groups is 1. The van der Waals surface area contributed by atoms with Crippen molar-refractivity contribution >= 4 is 23.5 Å². The molecular weight excluding hydrogens is 366 g/mol. The summed E-state index contributed by atoms with van der Waals surface area (Å²) in [5.41, 5.74) is 3.23. The Morgan fingerprint density at radius 1 is 1.07 bits per heavy atom. The van der Waals surface area contributed by atoms with Gasteiger partial charge in [-0.15, -0.1) is 0 Å². The van der Waals surface area contributed by atoms with Gasteiger partial charge in [-0.05, 0) is 23.1 Å². The minimum absolute atomic E-state index is 0.120. The van der Waals surface area contributed by atoms with Crippen molar-refractivity contribution in [3.05, 3.63) is 64.2 Å². The number of carboxylic acid groups (broad SMARTS) is 2. The molecule has 0 aliphatic carbocycles. The first-order valence-corrected chi connectivity index (χ1v) is 8.44. The molecule has 28 heavy (non-hydrogen) atoms. The molecule has 0 aromatic heterocycles. The predicted octanol–water partition coefficient (Wildman–Crippen LogP) is 2.35. The van der Waals surface area contributed by atoms with E-state index in [9.17, 15) is 10.1 Å². The molecule has 0 fully saturated rings. The lowest BCUT2D eigenvalue weighted by Crippen LogP contribution is -2.18. The van der Waals surface area contributed by atoms with Crippen molar-refractivity contribution in [1.29, 1.82) is 0 Å². The topological polar surface area (TPSA) is 142 Å². The number of carboxylic acids is 2. The second-order valence-electron chi connectivity index (χ2n) is 5.83. The largest absolute Gasteiger partial charge is 0.473 e. The maximum Gasteiger partial charge on any atom is 0.414 e. The van der Waals surface area contributed by atoms with Gasteiger partial charge in [0.05, 0.1) is 17.3 Å². The third-order valence-electron chi connectivity index (χ3n) is 3.94. The predicted molar refractivity (Wildman–Crippen MR) is 102 cm³/mol. The molecule has 2 aromatic carbocycles. The number of nitrogens with one attached hydrogen (secondary N) is 1. The van der Waals surface area contributed by atoms with Gasteiger partial charge in [0, 0.05) is 25.1 Å². The van der Waals surface area contributed by atoms with E-state index < -0.39 is 11.9 Å². The number of carbonyl (C=O) groups is 2. The molecule has 1 aliphatic rings. The van der Waals surface area contributed by atoms with E-state index in [4.69, 9.17) is 19.8 Å². The van der Waals surface area contributed by atoms with Gasteiger partial charge in [-0.2, -0.15) is 0 Å². The SMILES string of the molecule is O=C(O)C(=O)O.O=[N+]([O-])c1cccc(-c2ccccc2CCC2=NCCN2)c1. The number of nitro benzene ring substituents is 1. The molecule has 2 aromatic rings. The van der Waals surface area contributed by atoms with E-state index in [1.165, 1.54) is 11.6 Å². The van der Waals surface area contributed by atoms with E-state index in [0.29, 0.717) is 0 Å². The summed E-state index contributed by atoms with van der Waals surface area (Å²) in [6.45, 7) is 1.77. The van der Waals surface area contributed by atoms with Crippen molar-refractivity contribution in [2.24, 2.45) is 4.99 Å². The Bertz CT molecular complexity index is 898.